The molecule has 0 aliphatic carbocycles. The normalized spacial score (nSPS) is 14.2. The Morgan fingerprint density at radius 1 is 1.16 bits per heavy atom. The van der Waals surface area contributed by atoms with E-state index in [1.807, 2.05) is 0 Å². The first-order valence-electron chi connectivity index (χ1n) is 9.74. The first-order chi connectivity index (χ1) is 15.0. The van der Waals surface area contributed by atoms with Crippen LogP contribution >= 0.6 is 23.7 Å². The van der Waals surface area contributed by atoms with E-state index >= 15 is 0 Å². The number of halogens is 4. The van der Waals surface area contributed by atoms with Crippen LogP contribution in [0.25, 0.3) is 10.2 Å². The second-order valence-corrected chi connectivity index (χ2v) is 7.96. The van der Waals surface area contributed by atoms with Crippen molar-refractivity contribution in [3.63, 3.8) is 0 Å². The summed E-state index contributed by atoms with van der Waals surface area (Å²) in [5, 5.41) is 0.231. The minimum Gasteiger partial charge on any atom is -0.481 e. The number of nitrogens with zero attached hydrogens (tertiary/aromatic N) is 3. The minimum atomic E-state index is -0.791. The Kier molecular flexibility index (Phi) is 8.30. The minimum absolute atomic E-state index is 0. The molecule has 1 aliphatic heterocycles. The fourth-order valence-corrected chi connectivity index (χ4v) is 4.28. The molecule has 0 unspecified atom stereocenters. The van der Waals surface area contributed by atoms with Crippen LogP contribution < -0.4 is 9.64 Å². The maximum absolute atomic E-state index is 14.1. The summed E-state index contributed by atoms with van der Waals surface area (Å²) >= 11 is 1.01. The number of benzene rings is 2. The zero-order valence-corrected chi connectivity index (χ0v) is 18.6. The molecule has 0 atom stereocenters. The van der Waals surface area contributed by atoms with Crippen LogP contribution in [0.5, 0.6) is 5.75 Å². The van der Waals surface area contributed by atoms with Crippen LogP contribution in [-0.4, -0.2) is 61.8 Å². The van der Waals surface area contributed by atoms with Crippen molar-refractivity contribution in [2.24, 2.45) is 0 Å². The molecule has 2 heterocycles. The average molecular weight is 488 g/mol. The van der Waals surface area contributed by atoms with E-state index in [9.17, 15) is 18.0 Å². The zero-order chi connectivity index (χ0) is 21.8. The van der Waals surface area contributed by atoms with Gasteiger partial charge in [0.25, 0.3) is 5.91 Å². The van der Waals surface area contributed by atoms with Gasteiger partial charge in [0.05, 0.1) is 17.9 Å². The van der Waals surface area contributed by atoms with E-state index in [0.717, 1.165) is 30.5 Å². The number of carbonyl (C=O) groups is 1. The third kappa shape index (κ3) is 5.69. The topological polar surface area (TPSA) is 54.9 Å². The highest BCUT2D eigenvalue weighted by atomic mass is 35.5. The summed E-state index contributed by atoms with van der Waals surface area (Å²) in [6.45, 7) is 3.06. The first kappa shape index (κ1) is 24.2. The van der Waals surface area contributed by atoms with Crippen LogP contribution in [0.4, 0.5) is 18.3 Å². The van der Waals surface area contributed by atoms with Crippen LogP contribution in [0.1, 0.15) is 0 Å². The third-order valence-corrected chi connectivity index (χ3v) is 5.89. The maximum Gasteiger partial charge on any atom is 0.266 e. The smallest absolute Gasteiger partial charge is 0.266 e. The van der Waals surface area contributed by atoms with Gasteiger partial charge in [0.15, 0.2) is 29.1 Å². The second-order valence-electron chi connectivity index (χ2n) is 6.95. The summed E-state index contributed by atoms with van der Waals surface area (Å²) in [4.78, 5) is 20.7. The van der Waals surface area contributed by atoms with Gasteiger partial charge in [-0.1, -0.05) is 23.5 Å². The highest BCUT2D eigenvalue weighted by molar-refractivity contribution is 7.22. The fraction of sp³-hybridized carbons (Fsp3) is 0.333. The second kappa shape index (κ2) is 11.0. The molecule has 1 aliphatic rings. The number of aromatic nitrogens is 1. The quantitative estimate of drug-likeness (QED) is 0.506. The van der Waals surface area contributed by atoms with E-state index in [2.05, 4.69) is 9.88 Å². The van der Waals surface area contributed by atoms with E-state index in [1.54, 1.807) is 6.07 Å². The Balaban J connectivity index is 0.00000289. The average Bonchev–Trinajstić information content (AvgIpc) is 3.18. The number of rotatable bonds is 7. The van der Waals surface area contributed by atoms with Crippen LogP contribution in [0.2, 0.25) is 0 Å². The molecule has 4 rings (SSSR count). The van der Waals surface area contributed by atoms with Gasteiger partial charge in [-0.3, -0.25) is 14.6 Å². The number of hydrogen-bond donors (Lipinski definition) is 0. The largest absolute Gasteiger partial charge is 0.481 e. The summed E-state index contributed by atoms with van der Waals surface area (Å²) in [7, 11) is 0. The van der Waals surface area contributed by atoms with Gasteiger partial charge >= 0.3 is 0 Å². The lowest BCUT2D eigenvalue weighted by Crippen LogP contribution is -2.44. The number of ether oxygens (including phenoxy) is 2. The molecule has 6 nitrogen and oxygen atoms in total. The number of thiazole rings is 1. The Bertz CT molecular complexity index is 1080. The number of amides is 1. The molecule has 0 N–H and O–H groups in total. The molecular formula is C21H21ClF3N3O3S. The van der Waals surface area contributed by atoms with Crippen molar-refractivity contribution in [3.8, 4) is 5.75 Å². The molecule has 0 radical (unpaired) electrons. The molecule has 11 heteroatoms. The Morgan fingerprint density at radius 2 is 1.91 bits per heavy atom. The van der Waals surface area contributed by atoms with Crippen molar-refractivity contribution in [2.45, 2.75) is 0 Å². The van der Waals surface area contributed by atoms with Crippen LogP contribution in [0.15, 0.2) is 36.4 Å². The SMILES string of the molecule is Cl.O=C(COc1ccccc1F)N(CCN1CCOCC1)c1nc2c(F)cc(F)cc2s1. The lowest BCUT2D eigenvalue weighted by atomic mass is 10.3. The maximum atomic E-state index is 14.1. The fourth-order valence-electron chi connectivity index (χ4n) is 3.23. The molecular weight excluding hydrogens is 467 g/mol. The molecule has 0 spiro atoms. The lowest BCUT2D eigenvalue weighted by Gasteiger charge is -2.29. The van der Waals surface area contributed by atoms with Crippen LogP contribution in [0.3, 0.4) is 0 Å². The van der Waals surface area contributed by atoms with Crippen LogP contribution in [-0.2, 0) is 9.53 Å². The van der Waals surface area contributed by atoms with Gasteiger partial charge in [0.1, 0.15) is 11.3 Å². The molecule has 1 aromatic heterocycles. The summed E-state index contributed by atoms with van der Waals surface area (Å²) in [5.74, 6) is -2.58. The van der Waals surface area contributed by atoms with Gasteiger partial charge in [-0.15, -0.1) is 12.4 Å². The number of morpholine rings is 1. The molecule has 3 aromatic rings. The molecule has 172 valence electrons. The van der Waals surface area contributed by atoms with Gasteiger partial charge < -0.3 is 9.47 Å². The monoisotopic (exact) mass is 487 g/mol. The highest BCUT2D eigenvalue weighted by Gasteiger charge is 2.23. The number of carbonyl (C=O) groups excluding carboxylic acids is 1. The number of fused-ring (bicyclic) bond motifs is 1. The van der Waals surface area contributed by atoms with Crippen molar-refractivity contribution in [3.05, 3.63) is 53.8 Å². The molecule has 1 saturated heterocycles. The van der Waals surface area contributed by atoms with E-state index in [4.69, 9.17) is 9.47 Å². The van der Waals surface area contributed by atoms with Crippen molar-refractivity contribution in [1.82, 2.24) is 9.88 Å². The van der Waals surface area contributed by atoms with Crippen molar-refractivity contribution in [1.29, 1.82) is 0 Å². The van der Waals surface area contributed by atoms with E-state index in [1.165, 1.54) is 29.2 Å². The summed E-state index contributed by atoms with van der Waals surface area (Å²) in [6, 6.07) is 7.72. The van der Waals surface area contributed by atoms with Crippen molar-refractivity contribution < 1.29 is 27.4 Å². The number of para-hydroxylation sites is 1. The Morgan fingerprint density at radius 3 is 2.66 bits per heavy atom. The predicted octanol–water partition coefficient (Wildman–Crippen LogP) is 3.88. The summed E-state index contributed by atoms with van der Waals surface area (Å²) in [5.41, 5.74) is 0.000551. The zero-order valence-electron chi connectivity index (χ0n) is 16.9. The first-order valence-corrected chi connectivity index (χ1v) is 10.6. The van der Waals surface area contributed by atoms with E-state index < -0.39 is 30.0 Å². The van der Waals surface area contributed by atoms with E-state index in [0.29, 0.717) is 24.5 Å². The number of hydrogen-bond acceptors (Lipinski definition) is 6. The summed E-state index contributed by atoms with van der Waals surface area (Å²) < 4.78 is 52.5. The molecule has 1 fully saturated rings. The highest BCUT2D eigenvalue weighted by Crippen LogP contribution is 2.31. The number of anilines is 1. The summed E-state index contributed by atoms with van der Waals surface area (Å²) in [6.07, 6.45) is 0. The molecule has 2 aromatic carbocycles. The predicted molar refractivity (Wildman–Crippen MR) is 118 cm³/mol. The van der Waals surface area contributed by atoms with E-state index in [-0.39, 0.29) is 35.3 Å². The van der Waals surface area contributed by atoms with Crippen LogP contribution in [0, 0.1) is 17.5 Å². The third-order valence-electron chi connectivity index (χ3n) is 4.87. The Hall–Kier alpha value is -2.40. The van der Waals surface area contributed by atoms with Gasteiger partial charge in [-0.2, -0.15) is 0 Å². The molecule has 0 saturated carbocycles. The molecule has 1 amide bonds. The van der Waals surface area contributed by atoms with Gasteiger partial charge in [0, 0.05) is 32.2 Å². The lowest BCUT2D eigenvalue weighted by molar-refractivity contribution is -0.120. The van der Waals surface area contributed by atoms with Gasteiger partial charge in [-0.05, 0) is 18.2 Å². The van der Waals surface area contributed by atoms with Gasteiger partial charge in [-0.25, -0.2) is 18.2 Å². The molecule has 0 bridgehead atoms. The van der Waals surface area contributed by atoms with Crippen molar-refractivity contribution in [2.75, 3.05) is 50.9 Å². The standard InChI is InChI=1S/C21H20F3N3O3S.ClH/c22-14-11-16(24)20-18(12-14)31-21(25-20)27(6-5-26-7-9-29-10-8-26)19(28)13-30-17-4-2-1-3-15(17)23;/h1-4,11-12H,5-10,13H2;1H. The van der Waals surface area contributed by atoms with Gasteiger partial charge in [0.2, 0.25) is 0 Å². The Labute approximate surface area is 193 Å². The molecule has 32 heavy (non-hydrogen) atoms. The van der Waals surface area contributed by atoms with Crippen molar-refractivity contribution >= 4 is 45.0 Å².